The second-order valence-corrected chi connectivity index (χ2v) is 5.87. The minimum Gasteiger partial charge on any atom is -0.289 e. The fraction of sp³-hybridized carbons (Fsp3) is 0.188. The van der Waals surface area contributed by atoms with Crippen LogP contribution in [0, 0.1) is 5.92 Å². The molecule has 2 nitrogen and oxygen atoms in total. The highest BCUT2D eigenvalue weighted by Crippen LogP contribution is 2.47. The molecule has 96 valence electrons. The predicted molar refractivity (Wildman–Crippen MR) is 81.1 cm³/mol. The average Bonchev–Trinajstić information content (AvgIpc) is 2.78. The van der Waals surface area contributed by atoms with Gasteiger partial charge >= 0.3 is 0 Å². The second kappa shape index (κ2) is 4.74. The summed E-state index contributed by atoms with van der Waals surface area (Å²) in [6.07, 6.45) is 9.89. The lowest BCUT2D eigenvalue weighted by Crippen LogP contribution is -2.49. The van der Waals surface area contributed by atoms with Crippen molar-refractivity contribution in [1.82, 2.24) is 0 Å². The highest BCUT2D eigenvalue weighted by atomic mass is 32.2. The molecule has 1 amide bonds. The molecule has 2 aliphatic rings. The summed E-state index contributed by atoms with van der Waals surface area (Å²) in [6, 6.07) is 9.84. The Balaban J connectivity index is 2.09. The van der Waals surface area contributed by atoms with Gasteiger partial charge in [-0.3, -0.25) is 9.69 Å². The van der Waals surface area contributed by atoms with Crippen molar-refractivity contribution >= 4 is 23.4 Å². The van der Waals surface area contributed by atoms with Crippen LogP contribution in [0.2, 0.25) is 0 Å². The number of nitrogens with zero attached hydrogens (tertiary/aromatic N) is 1. The molecule has 0 radical (unpaired) electrons. The van der Waals surface area contributed by atoms with Crippen LogP contribution in [0.25, 0.3) is 0 Å². The predicted octanol–water partition coefficient (Wildman–Crippen LogP) is 3.39. The average molecular weight is 269 g/mol. The summed E-state index contributed by atoms with van der Waals surface area (Å²) in [5.41, 5.74) is 0.937. The highest BCUT2D eigenvalue weighted by Gasteiger charge is 2.47. The van der Waals surface area contributed by atoms with Gasteiger partial charge in [-0.2, -0.15) is 0 Å². The van der Waals surface area contributed by atoms with Crippen molar-refractivity contribution in [2.45, 2.75) is 4.87 Å². The minimum absolute atomic E-state index is 0.0425. The van der Waals surface area contributed by atoms with Crippen LogP contribution in [-0.2, 0) is 4.79 Å². The van der Waals surface area contributed by atoms with Crippen molar-refractivity contribution in [3.05, 3.63) is 67.3 Å². The third-order valence-electron chi connectivity index (χ3n) is 3.53. The molecule has 2 atom stereocenters. The van der Waals surface area contributed by atoms with Crippen molar-refractivity contribution in [3.8, 4) is 0 Å². The van der Waals surface area contributed by atoms with E-state index in [-0.39, 0.29) is 16.7 Å². The molecule has 2 aliphatic heterocycles. The smallest absolute Gasteiger partial charge is 0.252 e. The summed E-state index contributed by atoms with van der Waals surface area (Å²) in [7, 11) is 0. The van der Waals surface area contributed by atoms with E-state index in [1.165, 1.54) is 0 Å². The summed E-state index contributed by atoms with van der Waals surface area (Å²) < 4.78 is 0. The number of benzene rings is 1. The maximum Gasteiger partial charge on any atom is 0.252 e. The maximum absolute atomic E-state index is 12.3. The van der Waals surface area contributed by atoms with E-state index in [0.29, 0.717) is 0 Å². The molecule has 3 heteroatoms. The summed E-state index contributed by atoms with van der Waals surface area (Å²) in [5.74, 6) is 1.08. The zero-order valence-corrected chi connectivity index (χ0v) is 11.3. The molecule has 0 bridgehead atoms. The molecule has 1 aromatic rings. The molecule has 1 aromatic carbocycles. The number of carbonyl (C=O) groups is 1. The molecule has 0 N–H and O–H groups in total. The quantitative estimate of drug-likeness (QED) is 0.767. The Kier molecular flexibility index (Phi) is 3.07. The lowest BCUT2D eigenvalue weighted by molar-refractivity contribution is -0.114. The molecule has 0 aromatic heterocycles. The summed E-state index contributed by atoms with van der Waals surface area (Å²) in [5, 5.41) is 0. The molecule has 19 heavy (non-hydrogen) atoms. The van der Waals surface area contributed by atoms with E-state index in [4.69, 9.17) is 0 Å². The van der Waals surface area contributed by atoms with E-state index < -0.39 is 0 Å². The van der Waals surface area contributed by atoms with Gasteiger partial charge in [-0.1, -0.05) is 36.4 Å². The summed E-state index contributed by atoms with van der Waals surface area (Å²) >= 11 is 1.77. The van der Waals surface area contributed by atoms with Crippen molar-refractivity contribution in [3.63, 3.8) is 0 Å². The SMILES string of the molecule is C=C[C@@H]1C=CCS[C@@]12C=CC(=O)N2c1ccccc1. The Labute approximate surface area is 117 Å². The largest absolute Gasteiger partial charge is 0.289 e. The topological polar surface area (TPSA) is 20.3 Å². The van der Waals surface area contributed by atoms with Gasteiger partial charge in [0.25, 0.3) is 5.91 Å². The van der Waals surface area contributed by atoms with Gasteiger partial charge in [0.1, 0.15) is 4.87 Å². The van der Waals surface area contributed by atoms with Crippen LogP contribution in [0.15, 0.2) is 67.3 Å². The van der Waals surface area contributed by atoms with Gasteiger partial charge in [-0.25, -0.2) is 0 Å². The van der Waals surface area contributed by atoms with Gasteiger partial charge in [0.2, 0.25) is 0 Å². The third-order valence-corrected chi connectivity index (χ3v) is 4.95. The molecule has 1 spiro atoms. The number of hydrogen-bond donors (Lipinski definition) is 0. The van der Waals surface area contributed by atoms with Crippen molar-refractivity contribution in [2.75, 3.05) is 10.7 Å². The fourth-order valence-corrected chi connectivity index (χ4v) is 3.99. The molecule has 3 rings (SSSR count). The Morgan fingerprint density at radius 1 is 1.37 bits per heavy atom. The molecule has 0 aliphatic carbocycles. The molecule has 2 heterocycles. The monoisotopic (exact) mass is 269 g/mol. The van der Waals surface area contributed by atoms with Crippen LogP contribution < -0.4 is 4.90 Å². The minimum atomic E-state index is -0.352. The van der Waals surface area contributed by atoms with Gasteiger partial charge < -0.3 is 0 Å². The lowest BCUT2D eigenvalue weighted by Gasteiger charge is -2.42. The maximum atomic E-state index is 12.3. The number of carbonyl (C=O) groups excluding carboxylic acids is 1. The molecule has 0 fully saturated rings. The molecule has 0 saturated heterocycles. The first-order chi connectivity index (χ1) is 9.28. The van der Waals surface area contributed by atoms with E-state index in [9.17, 15) is 4.79 Å². The Bertz CT molecular complexity index is 563. The normalized spacial score (nSPS) is 29.2. The summed E-state index contributed by atoms with van der Waals surface area (Å²) in [6.45, 7) is 3.92. The van der Waals surface area contributed by atoms with E-state index in [0.717, 1.165) is 11.4 Å². The Morgan fingerprint density at radius 3 is 2.89 bits per heavy atom. The van der Waals surface area contributed by atoms with Crippen LogP contribution in [0.3, 0.4) is 0 Å². The fourth-order valence-electron chi connectivity index (χ4n) is 2.66. The van der Waals surface area contributed by atoms with E-state index in [1.54, 1.807) is 17.8 Å². The van der Waals surface area contributed by atoms with E-state index in [2.05, 4.69) is 18.7 Å². The Hall–Kier alpha value is -1.74. The number of hydrogen-bond acceptors (Lipinski definition) is 2. The number of amides is 1. The van der Waals surface area contributed by atoms with Crippen molar-refractivity contribution < 1.29 is 4.79 Å². The van der Waals surface area contributed by atoms with Crippen LogP contribution in [0.5, 0.6) is 0 Å². The van der Waals surface area contributed by atoms with Crippen LogP contribution in [0.4, 0.5) is 5.69 Å². The zero-order chi connectivity index (χ0) is 13.3. The number of para-hydroxylation sites is 1. The van der Waals surface area contributed by atoms with E-state index in [1.807, 2.05) is 47.4 Å². The van der Waals surface area contributed by atoms with Crippen LogP contribution >= 0.6 is 11.8 Å². The van der Waals surface area contributed by atoms with Gasteiger partial charge in [0.15, 0.2) is 0 Å². The second-order valence-electron chi connectivity index (χ2n) is 4.60. The molecule has 0 unspecified atom stereocenters. The van der Waals surface area contributed by atoms with Gasteiger partial charge in [-0.05, 0) is 18.2 Å². The molecule has 0 saturated carbocycles. The van der Waals surface area contributed by atoms with Gasteiger partial charge in [0.05, 0.1) is 0 Å². The third kappa shape index (κ3) is 1.85. The first kappa shape index (κ1) is 12.3. The van der Waals surface area contributed by atoms with E-state index >= 15 is 0 Å². The van der Waals surface area contributed by atoms with Crippen molar-refractivity contribution in [1.29, 1.82) is 0 Å². The van der Waals surface area contributed by atoms with Gasteiger partial charge in [-0.15, -0.1) is 18.3 Å². The van der Waals surface area contributed by atoms with Crippen LogP contribution in [-0.4, -0.2) is 16.5 Å². The highest BCUT2D eigenvalue weighted by molar-refractivity contribution is 8.01. The van der Waals surface area contributed by atoms with Gasteiger partial charge in [0, 0.05) is 23.4 Å². The van der Waals surface area contributed by atoms with Crippen molar-refractivity contribution in [2.24, 2.45) is 5.92 Å². The Morgan fingerprint density at radius 2 is 2.16 bits per heavy atom. The van der Waals surface area contributed by atoms with Crippen LogP contribution in [0.1, 0.15) is 0 Å². The summed E-state index contributed by atoms with van der Waals surface area (Å²) in [4.78, 5) is 13.8. The molecular weight excluding hydrogens is 254 g/mol. The first-order valence-corrected chi connectivity index (χ1v) is 7.28. The lowest BCUT2D eigenvalue weighted by atomic mass is 9.97. The standard InChI is InChI=1S/C16H15NOS/c1-2-13-7-6-12-19-16(13)11-10-15(18)17(16)14-8-4-3-5-9-14/h2-11,13H,1,12H2/t13-,16+/m1/s1. The number of thioether (sulfide) groups is 1. The molecular formula is C16H15NOS. The first-order valence-electron chi connectivity index (χ1n) is 6.29. The zero-order valence-electron chi connectivity index (χ0n) is 10.5. The number of anilines is 1. The number of rotatable bonds is 2.